The first-order valence-corrected chi connectivity index (χ1v) is 10.2. The van der Waals surface area contributed by atoms with Crippen LogP contribution in [0.1, 0.15) is 17.5 Å². The van der Waals surface area contributed by atoms with Crippen LogP contribution in [0.5, 0.6) is 5.88 Å². The average molecular weight is 439 g/mol. The van der Waals surface area contributed by atoms with Crippen LogP contribution >= 0.6 is 22.9 Å². The summed E-state index contributed by atoms with van der Waals surface area (Å²) in [6.45, 7) is 2.43. The first kappa shape index (κ1) is 19.8. The molecule has 2 N–H and O–H groups in total. The number of aryl methyl sites for hydroxylation is 1. The van der Waals surface area contributed by atoms with Crippen molar-refractivity contribution in [2.75, 3.05) is 32.1 Å². The number of amides is 1. The molecule has 8 nitrogen and oxygen atoms in total. The van der Waals surface area contributed by atoms with E-state index in [9.17, 15) is 9.18 Å². The van der Waals surface area contributed by atoms with Crippen LogP contribution < -0.4 is 15.4 Å². The standard InChI is InChI=1S/C18H20ClFN6O2S/c1-4-10-13(20)14(28-3)23-17(22-10)26-7-9-15(27)25(2)16(21)24-18(9,8-26)11-5-6-12(19)29-11/h5-6,9H,4,7-8H2,1-3H3,(H2,21,24)/t9-,18-/m0/s1. The molecule has 1 saturated heterocycles. The summed E-state index contributed by atoms with van der Waals surface area (Å²) >= 11 is 7.53. The first-order chi connectivity index (χ1) is 13.8. The lowest BCUT2D eigenvalue weighted by molar-refractivity contribution is -0.132. The topological polar surface area (TPSA) is 96.9 Å². The highest BCUT2D eigenvalue weighted by Crippen LogP contribution is 2.47. The summed E-state index contributed by atoms with van der Waals surface area (Å²) in [6.07, 6.45) is 0.382. The van der Waals surface area contributed by atoms with Crippen molar-refractivity contribution in [3.8, 4) is 5.88 Å². The number of halogens is 2. The van der Waals surface area contributed by atoms with Gasteiger partial charge in [0.05, 0.1) is 29.6 Å². The Labute approximate surface area is 176 Å². The maximum absolute atomic E-state index is 14.4. The van der Waals surface area contributed by atoms with Gasteiger partial charge < -0.3 is 15.4 Å². The van der Waals surface area contributed by atoms with Crippen molar-refractivity contribution < 1.29 is 13.9 Å². The van der Waals surface area contributed by atoms with Crippen molar-refractivity contribution >= 4 is 40.8 Å². The van der Waals surface area contributed by atoms with Crippen LogP contribution in [-0.4, -0.2) is 54.0 Å². The van der Waals surface area contributed by atoms with E-state index in [2.05, 4.69) is 9.97 Å². The molecule has 4 rings (SSSR count). The maximum Gasteiger partial charge on any atom is 0.255 e. The highest BCUT2D eigenvalue weighted by molar-refractivity contribution is 7.16. The maximum atomic E-state index is 14.4. The summed E-state index contributed by atoms with van der Waals surface area (Å²) in [4.78, 5) is 30.4. The molecule has 2 aromatic rings. The van der Waals surface area contributed by atoms with Crippen LogP contribution in [0.3, 0.4) is 0 Å². The Morgan fingerprint density at radius 1 is 1.45 bits per heavy atom. The third-order valence-electron chi connectivity index (χ3n) is 5.39. The highest BCUT2D eigenvalue weighted by atomic mass is 35.5. The molecule has 0 bridgehead atoms. The number of fused-ring (bicyclic) bond motifs is 1. The fourth-order valence-corrected chi connectivity index (χ4v) is 5.06. The highest BCUT2D eigenvalue weighted by Gasteiger charge is 2.56. The summed E-state index contributed by atoms with van der Waals surface area (Å²) in [5, 5.41) is 0. The van der Waals surface area contributed by atoms with Gasteiger partial charge in [-0.3, -0.25) is 9.69 Å². The lowest BCUT2D eigenvalue weighted by atomic mass is 9.84. The second kappa shape index (κ2) is 7.10. The van der Waals surface area contributed by atoms with Crippen LogP contribution in [0.25, 0.3) is 0 Å². The van der Waals surface area contributed by atoms with E-state index in [0.29, 0.717) is 29.8 Å². The number of hydrogen-bond acceptors (Lipinski definition) is 8. The number of thiophene rings is 1. The Balaban J connectivity index is 1.83. The normalized spacial score (nSPS) is 24.0. The minimum Gasteiger partial charge on any atom is -0.479 e. The zero-order valence-electron chi connectivity index (χ0n) is 16.1. The van der Waals surface area contributed by atoms with Gasteiger partial charge in [0.1, 0.15) is 5.54 Å². The molecule has 0 aromatic carbocycles. The summed E-state index contributed by atoms with van der Waals surface area (Å²) in [7, 11) is 2.96. The van der Waals surface area contributed by atoms with E-state index in [0.717, 1.165) is 4.88 Å². The molecule has 29 heavy (non-hydrogen) atoms. The SMILES string of the molecule is CCc1nc(N2C[C@H]3C(=O)N(C)C(N)=N[C@@]3(c3ccc(Cl)s3)C2)nc(OC)c1F. The number of aromatic nitrogens is 2. The van der Waals surface area contributed by atoms with Gasteiger partial charge in [-0.15, -0.1) is 11.3 Å². The molecule has 0 saturated carbocycles. The van der Waals surface area contributed by atoms with Gasteiger partial charge in [-0.1, -0.05) is 18.5 Å². The number of carbonyl (C=O) groups excluding carboxylic acids is 1. The molecule has 2 aromatic heterocycles. The summed E-state index contributed by atoms with van der Waals surface area (Å²) < 4.78 is 20.0. The number of hydrogen-bond donors (Lipinski definition) is 1. The zero-order valence-corrected chi connectivity index (χ0v) is 17.7. The number of nitrogens with zero attached hydrogens (tertiary/aromatic N) is 5. The quantitative estimate of drug-likeness (QED) is 0.784. The minimum absolute atomic E-state index is 0.124. The van der Waals surface area contributed by atoms with E-state index in [4.69, 9.17) is 27.1 Å². The number of guanidine groups is 1. The van der Waals surface area contributed by atoms with Crippen molar-refractivity contribution in [3.63, 3.8) is 0 Å². The van der Waals surface area contributed by atoms with E-state index >= 15 is 0 Å². The molecule has 0 spiro atoms. The Bertz CT molecular complexity index is 989. The summed E-state index contributed by atoms with van der Waals surface area (Å²) in [6, 6.07) is 3.64. The van der Waals surface area contributed by atoms with Crippen molar-refractivity contribution in [2.45, 2.75) is 18.9 Å². The van der Waals surface area contributed by atoms with Gasteiger partial charge >= 0.3 is 0 Å². The molecule has 2 atom stereocenters. The van der Waals surface area contributed by atoms with Crippen molar-refractivity contribution in [1.82, 2.24) is 14.9 Å². The molecule has 0 aliphatic carbocycles. The fourth-order valence-electron chi connectivity index (χ4n) is 3.83. The number of methoxy groups -OCH3 is 1. The van der Waals surface area contributed by atoms with Gasteiger partial charge in [0.15, 0.2) is 5.96 Å². The summed E-state index contributed by atoms with van der Waals surface area (Å²) in [5.74, 6) is -0.909. The monoisotopic (exact) mass is 438 g/mol. The van der Waals surface area contributed by atoms with Crippen LogP contribution in [-0.2, 0) is 16.8 Å². The molecule has 1 amide bonds. The number of carbonyl (C=O) groups is 1. The van der Waals surface area contributed by atoms with Crippen LogP contribution in [0.4, 0.5) is 10.3 Å². The molecule has 0 unspecified atom stereocenters. The predicted octanol–water partition coefficient (Wildman–Crippen LogP) is 2.02. The Hall–Kier alpha value is -2.46. The van der Waals surface area contributed by atoms with E-state index in [1.165, 1.54) is 23.3 Å². The molecule has 1 fully saturated rings. The van der Waals surface area contributed by atoms with Gasteiger partial charge in [-0.25, -0.2) is 9.98 Å². The third-order valence-corrected chi connectivity index (χ3v) is 6.78. The van der Waals surface area contributed by atoms with E-state index < -0.39 is 17.3 Å². The van der Waals surface area contributed by atoms with Crippen molar-refractivity contribution in [1.29, 1.82) is 0 Å². The van der Waals surface area contributed by atoms with Gasteiger partial charge in [0.25, 0.3) is 5.88 Å². The number of anilines is 1. The largest absolute Gasteiger partial charge is 0.479 e. The lowest BCUT2D eigenvalue weighted by Gasteiger charge is -2.36. The number of rotatable bonds is 4. The molecular formula is C18H20ClFN6O2S. The molecular weight excluding hydrogens is 419 g/mol. The Morgan fingerprint density at radius 3 is 2.83 bits per heavy atom. The molecule has 4 heterocycles. The number of ether oxygens (including phenoxy) is 1. The van der Waals surface area contributed by atoms with Gasteiger partial charge in [0, 0.05) is 18.5 Å². The smallest absolute Gasteiger partial charge is 0.255 e. The van der Waals surface area contributed by atoms with Crippen LogP contribution in [0.2, 0.25) is 4.34 Å². The lowest BCUT2D eigenvalue weighted by Crippen LogP contribution is -2.54. The van der Waals surface area contributed by atoms with E-state index in [1.54, 1.807) is 20.0 Å². The molecule has 11 heteroatoms. The molecule has 154 valence electrons. The second-order valence-electron chi connectivity index (χ2n) is 6.98. The van der Waals surface area contributed by atoms with Gasteiger partial charge in [-0.05, 0) is 18.6 Å². The molecule has 2 aliphatic rings. The average Bonchev–Trinajstić information content (AvgIpc) is 3.31. The Kier molecular flexibility index (Phi) is 4.86. The van der Waals surface area contributed by atoms with E-state index in [-0.39, 0.29) is 23.4 Å². The first-order valence-electron chi connectivity index (χ1n) is 9.04. The van der Waals surface area contributed by atoms with Gasteiger partial charge in [0.2, 0.25) is 17.7 Å². The predicted molar refractivity (Wildman–Crippen MR) is 109 cm³/mol. The zero-order chi connectivity index (χ0) is 20.9. The minimum atomic E-state index is -0.900. The second-order valence-corrected chi connectivity index (χ2v) is 8.69. The van der Waals surface area contributed by atoms with Gasteiger partial charge in [-0.2, -0.15) is 9.37 Å². The van der Waals surface area contributed by atoms with Crippen LogP contribution in [0.15, 0.2) is 17.1 Å². The third kappa shape index (κ3) is 3.01. The fraction of sp³-hybridized carbons (Fsp3) is 0.444. The molecule has 0 radical (unpaired) electrons. The van der Waals surface area contributed by atoms with Crippen molar-refractivity contribution in [3.05, 3.63) is 32.9 Å². The molecule has 2 aliphatic heterocycles. The number of aliphatic imine (C=N–C) groups is 1. The van der Waals surface area contributed by atoms with Crippen molar-refractivity contribution in [2.24, 2.45) is 16.6 Å². The van der Waals surface area contributed by atoms with Crippen LogP contribution in [0, 0.1) is 11.7 Å². The van der Waals surface area contributed by atoms with E-state index in [1.807, 2.05) is 11.0 Å². The Morgan fingerprint density at radius 2 is 2.21 bits per heavy atom. The number of nitrogens with two attached hydrogens (primary N) is 1. The summed E-state index contributed by atoms with van der Waals surface area (Å²) in [5.41, 5.74) is 5.41.